The van der Waals surface area contributed by atoms with E-state index in [0.717, 1.165) is 51.6 Å². The molecule has 0 spiro atoms. The number of likely N-dealkylation sites (tertiary alicyclic amines) is 1. The van der Waals surface area contributed by atoms with Crippen LogP contribution in [0.25, 0.3) is 0 Å². The van der Waals surface area contributed by atoms with Crippen LogP contribution in [0, 0.1) is 22.7 Å². The van der Waals surface area contributed by atoms with E-state index in [-0.39, 0.29) is 29.3 Å². The van der Waals surface area contributed by atoms with Crippen molar-refractivity contribution in [3.05, 3.63) is 11.6 Å². The highest BCUT2D eigenvalue weighted by atomic mass is 16.5. The number of aliphatic hydroxyl groups is 1. The van der Waals surface area contributed by atoms with Crippen LogP contribution in [-0.2, 0) is 14.3 Å². The molecule has 29 heavy (non-hydrogen) atoms. The molecule has 2 saturated carbocycles. The summed E-state index contributed by atoms with van der Waals surface area (Å²) in [5.41, 5.74) is 0.136. The van der Waals surface area contributed by atoms with Crippen LogP contribution >= 0.6 is 0 Å². The van der Waals surface area contributed by atoms with Gasteiger partial charge in [0.1, 0.15) is 5.72 Å². The zero-order valence-electron chi connectivity index (χ0n) is 17.9. The molecule has 0 amide bonds. The number of piperidine rings is 2. The second-order valence-corrected chi connectivity index (χ2v) is 10.4. The number of hydrogen-bond acceptors (Lipinski definition) is 6. The molecule has 8 atom stereocenters. The molecule has 6 fully saturated rings. The predicted molar refractivity (Wildman–Crippen MR) is 107 cm³/mol. The molecule has 4 saturated heterocycles. The van der Waals surface area contributed by atoms with Gasteiger partial charge < -0.3 is 14.6 Å². The van der Waals surface area contributed by atoms with E-state index < -0.39 is 11.1 Å². The maximum absolute atomic E-state index is 13.8. The zero-order chi connectivity index (χ0) is 20.2. The van der Waals surface area contributed by atoms with E-state index in [1.54, 1.807) is 7.11 Å². The van der Waals surface area contributed by atoms with E-state index in [9.17, 15) is 9.90 Å². The average molecular weight is 403 g/mol. The standard InChI is InChI=1S/C23H34N2O4/c1-4-14-13-25-9-7-22-17-11-15(26)5-6-18(17)24(2)23(22)19(25)12-16(14)21(22,8-10-29-23)20(27)28-3/h4,15-19,26H,5-13H2,1-3H3/b14-4+/t15?,16-,17?,18?,19?,21?,22+,23-/m1/s1. The van der Waals surface area contributed by atoms with Gasteiger partial charge in [-0.15, -0.1) is 0 Å². The minimum absolute atomic E-state index is 0.0301. The molecule has 2 aliphatic carbocycles. The fraction of sp³-hybridized carbons (Fsp3) is 0.870. The van der Waals surface area contributed by atoms with Gasteiger partial charge in [-0.2, -0.15) is 0 Å². The molecule has 5 bridgehead atoms. The Labute approximate surface area is 173 Å². The number of rotatable bonds is 1. The molecule has 1 N–H and O–H groups in total. The van der Waals surface area contributed by atoms with Gasteiger partial charge in [0.15, 0.2) is 0 Å². The monoisotopic (exact) mass is 402 g/mol. The Hall–Kier alpha value is -0.950. The number of nitrogens with zero attached hydrogens (tertiary/aromatic N) is 2. The highest BCUT2D eigenvalue weighted by Gasteiger charge is 2.86. The topological polar surface area (TPSA) is 62.2 Å². The highest BCUT2D eigenvalue weighted by Crippen LogP contribution is 2.78. The van der Waals surface area contributed by atoms with Crippen LogP contribution in [0.3, 0.4) is 0 Å². The quantitative estimate of drug-likeness (QED) is 0.533. The van der Waals surface area contributed by atoms with Crippen LogP contribution in [0.2, 0.25) is 0 Å². The fourth-order valence-electron chi connectivity index (χ4n) is 9.48. The van der Waals surface area contributed by atoms with E-state index in [1.165, 1.54) is 5.57 Å². The summed E-state index contributed by atoms with van der Waals surface area (Å²) in [4.78, 5) is 19.0. The van der Waals surface area contributed by atoms with Crippen LogP contribution < -0.4 is 0 Å². The summed E-state index contributed by atoms with van der Waals surface area (Å²) in [5.74, 6) is 0.474. The lowest BCUT2D eigenvalue weighted by molar-refractivity contribution is -0.354. The molecule has 5 unspecified atom stereocenters. The average Bonchev–Trinajstić information content (AvgIpc) is 2.97. The van der Waals surface area contributed by atoms with Crippen LogP contribution in [0.1, 0.15) is 45.4 Å². The Kier molecular flexibility index (Phi) is 3.79. The van der Waals surface area contributed by atoms with Crippen molar-refractivity contribution in [2.45, 2.75) is 69.4 Å². The number of carbonyl (C=O) groups excluding carboxylic acids is 1. The number of aliphatic hydroxyl groups excluding tert-OH is 1. The normalized spacial score (nSPS) is 54.9. The molecule has 0 aromatic heterocycles. The van der Waals surface area contributed by atoms with Gasteiger partial charge in [-0.25, -0.2) is 0 Å². The smallest absolute Gasteiger partial charge is 0.313 e. The lowest BCUT2D eigenvalue weighted by Crippen LogP contribution is -2.84. The first-order valence-corrected chi connectivity index (χ1v) is 11.5. The molecule has 4 heterocycles. The Morgan fingerprint density at radius 1 is 1.31 bits per heavy atom. The van der Waals surface area contributed by atoms with E-state index in [1.807, 2.05) is 0 Å². The highest BCUT2D eigenvalue weighted by molar-refractivity contribution is 5.81. The molecule has 0 radical (unpaired) electrons. The molecule has 160 valence electrons. The SMILES string of the molecule is C/C=C1\CN2CC[C@@]34C5CC(O)CCC5N(C)[C@]35OCCC4(C(=O)OC)[C@@H]1CC25. The number of fused-ring (bicyclic) bond motifs is 3. The second-order valence-electron chi connectivity index (χ2n) is 10.4. The Morgan fingerprint density at radius 2 is 2.14 bits per heavy atom. The minimum atomic E-state index is -0.546. The predicted octanol–water partition coefficient (Wildman–Crippen LogP) is 1.78. The number of carbonyl (C=O) groups is 1. The molecule has 6 nitrogen and oxygen atoms in total. The lowest BCUT2D eigenvalue weighted by Gasteiger charge is -2.75. The molecule has 6 heteroatoms. The molecule has 0 aromatic rings. The number of likely N-dealkylation sites (N-methyl/N-ethyl adjacent to an activating group) is 1. The van der Waals surface area contributed by atoms with Crippen LogP contribution in [-0.4, -0.2) is 78.6 Å². The third-order valence-electron chi connectivity index (χ3n) is 10.2. The number of ether oxygens (including phenoxy) is 2. The summed E-state index contributed by atoms with van der Waals surface area (Å²) in [6.07, 6.45) is 7.28. The molecule has 4 aliphatic heterocycles. The van der Waals surface area contributed by atoms with Crippen molar-refractivity contribution >= 4 is 5.97 Å². The van der Waals surface area contributed by atoms with Gasteiger partial charge >= 0.3 is 5.97 Å². The van der Waals surface area contributed by atoms with Crippen molar-refractivity contribution in [1.29, 1.82) is 0 Å². The third kappa shape index (κ3) is 1.77. The van der Waals surface area contributed by atoms with Crippen molar-refractivity contribution in [2.24, 2.45) is 22.7 Å². The number of hydrogen-bond donors (Lipinski definition) is 1. The van der Waals surface area contributed by atoms with Crippen molar-refractivity contribution in [2.75, 3.05) is 33.9 Å². The van der Waals surface area contributed by atoms with Gasteiger partial charge in [-0.05, 0) is 70.9 Å². The van der Waals surface area contributed by atoms with Gasteiger partial charge in [0.05, 0.1) is 31.3 Å². The third-order valence-corrected chi connectivity index (χ3v) is 10.2. The Bertz CT molecular complexity index is 785. The first-order valence-electron chi connectivity index (χ1n) is 11.5. The van der Waals surface area contributed by atoms with E-state index in [2.05, 4.69) is 29.8 Å². The maximum Gasteiger partial charge on any atom is 0.313 e. The second kappa shape index (κ2) is 5.84. The van der Waals surface area contributed by atoms with Gasteiger partial charge in [0, 0.05) is 18.0 Å². The van der Waals surface area contributed by atoms with Crippen molar-refractivity contribution in [3.63, 3.8) is 0 Å². The fourth-order valence-corrected chi connectivity index (χ4v) is 9.48. The van der Waals surface area contributed by atoms with Crippen LogP contribution in [0.5, 0.6) is 0 Å². The van der Waals surface area contributed by atoms with Gasteiger partial charge in [-0.1, -0.05) is 11.6 Å². The molecular formula is C23H34N2O4. The molecule has 6 rings (SSSR count). The largest absolute Gasteiger partial charge is 0.469 e. The van der Waals surface area contributed by atoms with E-state index in [4.69, 9.17) is 9.47 Å². The maximum atomic E-state index is 13.8. The lowest BCUT2D eigenvalue weighted by atomic mass is 9.37. The summed E-state index contributed by atoms with van der Waals surface area (Å²) in [5, 5.41) is 10.7. The molecule has 0 aromatic carbocycles. The van der Waals surface area contributed by atoms with Gasteiger partial charge in [0.25, 0.3) is 0 Å². The summed E-state index contributed by atoms with van der Waals surface area (Å²) in [6, 6.07) is 0.685. The summed E-state index contributed by atoms with van der Waals surface area (Å²) in [7, 11) is 3.80. The summed E-state index contributed by atoms with van der Waals surface area (Å²) >= 11 is 0. The van der Waals surface area contributed by atoms with Crippen LogP contribution in [0.4, 0.5) is 0 Å². The zero-order valence-corrected chi connectivity index (χ0v) is 17.9. The van der Waals surface area contributed by atoms with E-state index in [0.29, 0.717) is 18.7 Å². The van der Waals surface area contributed by atoms with Crippen molar-refractivity contribution < 1.29 is 19.4 Å². The van der Waals surface area contributed by atoms with Gasteiger partial charge in [0.2, 0.25) is 0 Å². The Morgan fingerprint density at radius 3 is 2.90 bits per heavy atom. The first-order chi connectivity index (χ1) is 14.0. The number of esters is 1. The number of methoxy groups -OCH3 is 1. The Balaban J connectivity index is 1.67. The summed E-state index contributed by atoms with van der Waals surface area (Å²) in [6.45, 7) is 4.69. The van der Waals surface area contributed by atoms with Crippen LogP contribution in [0.15, 0.2) is 11.6 Å². The van der Waals surface area contributed by atoms with Gasteiger partial charge in [-0.3, -0.25) is 14.6 Å². The first kappa shape index (κ1) is 18.8. The molecular weight excluding hydrogens is 368 g/mol. The number of allylic oxidation sites excluding steroid dienone is 1. The molecule has 6 aliphatic rings. The van der Waals surface area contributed by atoms with E-state index >= 15 is 0 Å². The minimum Gasteiger partial charge on any atom is -0.469 e. The summed E-state index contributed by atoms with van der Waals surface area (Å²) < 4.78 is 12.5. The van der Waals surface area contributed by atoms with Crippen molar-refractivity contribution in [1.82, 2.24) is 9.80 Å². The van der Waals surface area contributed by atoms with Crippen molar-refractivity contribution in [3.8, 4) is 0 Å².